The fourth-order valence-electron chi connectivity index (χ4n) is 0.757. The van der Waals surface area contributed by atoms with Crippen LogP contribution in [0.3, 0.4) is 0 Å². The molecule has 0 aliphatic carbocycles. The van der Waals surface area contributed by atoms with Gasteiger partial charge in [-0.05, 0) is 20.8 Å². The number of ether oxygens (including phenoxy) is 1. The summed E-state index contributed by atoms with van der Waals surface area (Å²) in [6, 6.07) is 0. The number of thioether (sulfide) groups is 1. The maximum Gasteiger partial charge on any atom is 0.314 e. The number of carboxylic acid groups (broad SMARTS) is 1. The lowest BCUT2D eigenvalue weighted by molar-refractivity contribution is -0.133. The SMILES string of the molecule is CC(C)(C)OCc1nnc(SCC(=O)O)o1. The molecule has 0 atom stereocenters. The molecule has 1 heterocycles. The Labute approximate surface area is 97.4 Å². The van der Waals surface area contributed by atoms with Crippen molar-refractivity contribution in [3.05, 3.63) is 5.89 Å². The lowest BCUT2D eigenvalue weighted by Gasteiger charge is -2.17. The highest BCUT2D eigenvalue weighted by Gasteiger charge is 2.14. The van der Waals surface area contributed by atoms with Crippen LogP contribution in [0.15, 0.2) is 9.64 Å². The maximum atomic E-state index is 10.3. The van der Waals surface area contributed by atoms with Crippen LogP contribution in [0.4, 0.5) is 0 Å². The first-order chi connectivity index (χ1) is 7.37. The lowest BCUT2D eigenvalue weighted by Crippen LogP contribution is -2.18. The van der Waals surface area contributed by atoms with Gasteiger partial charge in [0.1, 0.15) is 12.4 Å². The minimum Gasteiger partial charge on any atom is -0.481 e. The third kappa shape index (κ3) is 5.13. The number of hydrogen-bond donors (Lipinski definition) is 1. The Balaban J connectivity index is 2.42. The van der Waals surface area contributed by atoms with E-state index in [9.17, 15) is 4.79 Å². The molecule has 0 spiro atoms. The zero-order valence-electron chi connectivity index (χ0n) is 9.39. The molecule has 0 unspecified atom stereocenters. The van der Waals surface area contributed by atoms with Gasteiger partial charge in [0.25, 0.3) is 5.22 Å². The molecule has 0 fully saturated rings. The molecular weight excluding hydrogens is 232 g/mol. The molecule has 1 rings (SSSR count). The van der Waals surface area contributed by atoms with Gasteiger partial charge < -0.3 is 14.3 Å². The van der Waals surface area contributed by atoms with E-state index in [0.29, 0.717) is 5.89 Å². The third-order valence-electron chi connectivity index (χ3n) is 1.40. The summed E-state index contributed by atoms with van der Waals surface area (Å²) >= 11 is 0.987. The topological polar surface area (TPSA) is 85.5 Å². The van der Waals surface area contributed by atoms with Crippen molar-refractivity contribution < 1.29 is 19.1 Å². The van der Waals surface area contributed by atoms with Crippen LogP contribution in [-0.4, -0.2) is 32.6 Å². The van der Waals surface area contributed by atoms with E-state index in [0.717, 1.165) is 11.8 Å². The average Bonchev–Trinajstić information content (AvgIpc) is 2.58. The number of aromatic nitrogens is 2. The minimum absolute atomic E-state index is 0.0955. The molecule has 90 valence electrons. The fraction of sp³-hybridized carbons (Fsp3) is 0.667. The van der Waals surface area contributed by atoms with E-state index in [1.54, 1.807) is 0 Å². The Hall–Kier alpha value is -1.08. The Morgan fingerprint density at radius 2 is 2.19 bits per heavy atom. The number of nitrogens with zero attached hydrogens (tertiary/aromatic N) is 2. The summed E-state index contributed by atoms with van der Waals surface area (Å²) in [5.74, 6) is -0.666. The number of carboxylic acids is 1. The van der Waals surface area contributed by atoms with Crippen LogP contribution in [0.5, 0.6) is 0 Å². The summed E-state index contributed by atoms with van der Waals surface area (Å²) in [5.41, 5.74) is -0.275. The molecule has 0 amide bonds. The molecule has 1 aromatic heterocycles. The molecular formula is C9H14N2O4S. The third-order valence-corrected chi connectivity index (χ3v) is 2.20. The van der Waals surface area contributed by atoms with Gasteiger partial charge in [-0.15, -0.1) is 10.2 Å². The number of hydrogen-bond acceptors (Lipinski definition) is 6. The number of carbonyl (C=O) groups is 1. The minimum atomic E-state index is -0.921. The largest absolute Gasteiger partial charge is 0.481 e. The maximum absolute atomic E-state index is 10.3. The highest BCUT2D eigenvalue weighted by Crippen LogP contribution is 2.17. The van der Waals surface area contributed by atoms with Crippen molar-refractivity contribution in [3.63, 3.8) is 0 Å². The standard InChI is InChI=1S/C9H14N2O4S/c1-9(2,3)14-4-6-10-11-8(15-6)16-5-7(12)13/h4-5H2,1-3H3,(H,12,13). The van der Waals surface area contributed by atoms with E-state index in [1.165, 1.54) is 0 Å². The highest BCUT2D eigenvalue weighted by molar-refractivity contribution is 7.99. The van der Waals surface area contributed by atoms with Gasteiger partial charge in [-0.1, -0.05) is 11.8 Å². The van der Waals surface area contributed by atoms with Crippen molar-refractivity contribution in [2.45, 2.75) is 38.2 Å². The molecule has 1 N–H and O–H groups in total. The van der Waals surface area contributed by atoms with Crippen molar-refractivity contribution in [1.29, 1.82) is 0 Å². The molecule has 6 nitrogen and oxygen atoms in total. The van der Waals surface area contributed by atoms with Crippen LogP contribution in [0.2, 0.25) is 0 Å². The average molecular weight is 246 g/mol. The Morgan fingerprint density at radius 3 is 2.75 bits per heavy atom. The first-order valence-electron chi connectivity index (χ1n) is 4.68. The number of aliphatic carboxylic acids is 1. The lowest BCUT2D eigenvalue weighted by atomic mass is 10.2. The summed E-state index contributed by atoms with van der Waals surface area (Å²) in [7, 11) is 0. The van der Waals surface area contributed by atoms with Crippen LogP contribution < -0.4 is 0 Å². The van der Waals surface area contributed by atoms with Crippen LogP contribution >= 0.6 is 11.8 Å². The van der Waals surface area contributed by atoms with Crippen LogP contribution in [-0.2, 0) is 16.1 Å². The summed E-state index contributed by atoms with van der Waals surface area (Å²) in [6.45, 7) is 5.99. The van der Waals surface area contributed by atoms with Crippen molar-refractivity contribution in [3.8, 4) is 0 Å². The molecule has 0 radical (unpaired) electrons. The van der Waals surface area contributed by atoms with Gasteiger partial charge in [0.05, 0.1) is 5.60 Å². The monoisotopic (exact) mass is 246 g/mol. The summed E-state index contributed by atoms with van der Waals surface area (Å²) in [6.07, 6.45) is 0. The Bertz CT molecular complexity index is 359. The van der Waals surface area contributed by atoms with E-state index in [-0.39, 0.29) is 23.2 Å². The quantitative estimate of drug-likeness (QED) is 0.789. The van der Waals surface area contributed by atoms with Crippen molar-refractivity contribution in [2.24, 2.45) is 0 Å². The molecule has 0 aliphatic rings. The summed E-state index contributed by atoms with van der Waals surface area (Å²) in [4.78, 5) is 10.3. The Kier molecular flexibility index (Phi) is 4.31. The van der Waals surface area contributed by atoms with Gasteiger partial charge in [-0.25, -0.2) is 0 Å². The van der Waals surface area contributed by atoms with Crippen molar-refractivity contribution >= 4 is 17.7 Å². The smallest absolute Gasteiger partial charge is 0.314 e. The Morgan fingerprint density at radius 1 is 1.50 bits per heavy atom. The van der Waals surface area contributed by atoms with E-state index in [2.05, 4.69) is 10.2 Å². The molecule has 0 bridgehead atoms. The van der Waals surface area contributed by atoms with Crippen molar-refractivity contribution in [2.75, 3.05) is 5.75 Å². The zero-order valence-corrected chi connectivity index (χ0v) is 10.2. The second kappa shape index (κ2) is 5.31. The summed E-state index contributed by atoms with van der Waals surface area (Å²) in [5, 5.41) is 16.1. The second-order valence-electron chi connectivity index (χ2n) is 4.05. The van der Waals surface area contributed by atoms with Gasteiger partial charge in [0.2, 0.25) is 5.89 Å². The van der Waals surface area contributed by atoms with Crippen LogP contribution in [0, 0.1) is 0 Å². The van der Waals surface area contributed by atoms with Crippen molar-refractivity contribution in [1.82, 2.24) is 10.2 Å². The van der Waals surface area contributed by atoms with E-state index < -0.39 is 5.97 Å². The zero-order chi connectivity index (χ0) is 12.2. The van der Waals surface area contributed by atoms with E-state index >= 15 is 0 Å². The van der Waals surface area contributed by atoms with Crippen LogP contribution in [0.1, 0.15) is 26.7 Å². The van der Waals surface area contributed by atoms with E-state index in [1.807, 2.05) is 20.8 Å². The fourth-order valence-corrected chi connectivity index (χ4v) is 1.26. The van der Waals surface area contributed by atoms with Crippen LogP contribution in [0.25, 0.3) is 0 Å². The molecule has 0 aromatic carbocycles. The first-order valence-corrected chi connectivity index (χ1v) is 5.66. The predicted molar refractivity (Wildman–Crippen MR) is 57.2 cm³/mol. The molecule has 7 heteroatoms. The normalized spacial score (nSPS) is 11.7. The van der Waals surface area contributed by atoms with Gasteiger partial charge >= 0.3 is 5.97 Å². The second-order valence-corrected chi connectivity index (χ2v) is 4.97. The highest BCUT2D eigenvalue weighted by atomic mass is 32.2. The number of rotatable bonds is 5. The predicted octanol–water partition coefficient (Wildman–Crippen LogP) is 1.56. The molecule has 0 saturated heterocycles. The van der Waals surface area contributed by atoms with Gasteiger partial charge in [-0.2, -0.15) is 0 Å². The van der Waals surface area contributed by atoms with E-state index in [4.69, 9.17) is 14.3 Å². The van der Waals surface area contributed by atoms with Gasteiger partial charge in [0.15, 0.2) is 0 Å². The molecule has 16 heavy (non-hydrogen) atoms. The molecule has 0 saturated carbocycles. The summed E-state index contributed by atoms with van der Waals surface area (Å²) < 4.78 is 10.6. The van der Waals surface area contributed by atoms with Gasteiger partial charge in [0, 0.05) is 0 Å². The molecule has 0 aliphatic heterocycles. The van der Waals surface area contributed by atoms with Gasteiger partial charge in [-0.3, -0.25) is 4.79 Å². The molecule has 1 aromatic rings. The first kappa shape index (κ1) is 13.0.